The number of hydrogen-bond acceptors (Lipinski definition) is 5. The molecule has 2 amide bonds. The van der Waals surface area contributed by atoms with Crippen molar-refractivity contribution in [3.63, 3.8) is 0 Å². The van der Waals surface area contributed by atoms with Crippen molar-refractivity contribution in [1.29, 1.82) is 0 Å². The van der Waals surface area contributed by atoms with Crippen LogP contribution in [0.3, 0.4) is 0 Å². The molecule has 2 atom stereocenters. The number of amides is 2. The lowest BCUT2D eigenvalue weighted by Crippen LogP contribution is -2.53. The lowest BCUT2D eigenvalue weighted by atomic mass is 9.67. The summed E-state index contributed by atoms with van der Waals surface area (Å²) in [7, 11) is 3.00. The van der Waals surface area contributed by atoms with Crippen LogP contribution in [-0.4, -0.2) is 38.1 Å². The molecule has 3 rings (SSSR count). The molecule has 0 saturated heterocycles. The topological polar surface area (TPSA) is 103 Å². The van der Waals surface area contributed by atoms with Crippen molar-refractivity contribution in [3.8, 4) is 11.5 Å². The molecule has 2 unspecified atom stereocenters. The summed E-state index contributed by atoms with van der Waals surface area (Å²) < 4.78 is 10.7. The average molecular weight is 412 g/mol. The van der Waals surface area contributed by atoms with Gasteiger partial charge in [0.1, 0.15) is 0 Å². The second-order valence-corrected chi connectivity index (χ2v) is 7.62. The maximum Gasteiger partial charge on any atom is 0.251 e. The summed E-state index contributed by atoms with van der Waals surface area (Å²) in [4.78, 5) is 24.5. The van der Waals surface area contributed by atoms with Crippen LogP contribution in [0.2, 0.25) is 0 Å². The molecule has 156 valence electrons. The van der Waals surface area contributed by atoms with Crippen molar-refractivity contribution in [3.05, 3.63) is 17.7 Å². The molecule has 2 saturated carbocycles. The average Bonchev–Trinajstić information content (AvgIpc) is 2.61. The number of nitrogens with two attached hydrogens (primary N) is 1. The van der Waals surface area contributed by atoms with Crippen molar-refractivity contribution in [2.24, 2.45) is 17.6 Å². The monoisotopic (exact) mass is 411 g/mol. The maximum atomic E-state index is 13.0. The highest BCUT2D eigenvalue weighted by atomic mass is 35.5. The number of rotatable bonds is 5. The number of hydrogen-bond donors (Lipinski definition) is 3. The first-order chi connectivity index (χ1) is 12.9. The van der Waals surface area contributed by atoms with Crippen LogP contribution >= 0.6 is 12.4 Å². The van der Waals surface area contributed by atoms with Crippen LogP contribution in [0.5, 0.6) is 11.5 Å². The quantitative estimate of drug-likeness (QED) is 0.691. The summed E-state index contributed by atoms with van der Waals surface area (Å²) >= 11 is 0. The van der Waals surface area contributed by atoms with Crippen LogP contribution in [0.25, 0.3) is 0 Å². The summed E-state index contributed by atoms with van der Waals surface area (Å²) in [6.45, 7) is 1.41. The van der Waals surface area contributed by atoms with Gasteiger partial charge >= 0.3 is 0 Å². The van der Waals surface area contributed by atoms with Crippen LogP contribution in [0.1, 0.15) is 49.4 Å². The molecule has 0 spiro atoms. The molecule has 0 radical (unpaired) electrons. The zero-order valence-corrected chi connectivity index (χ0v) is 17.4. The number of ether oxygens (including phenoxy) is 2. The maximum absolute atomic E-state index is 13.0. The Bertz CT molecular complexity index is 714. The van der Waals surface area contributed by atoms with E-state index in [1.807, 2.05) is 0 Å². The fraction of sp³-hybridized carbons (Fsp3) is 0.600. The van der Waals surface area contributed by atoms with E-state index < -0.39 is 0 Å². The van der Waals surface area contributed by atoms with Crippen LogP contribution in [0.4, 0.5) is 5.69 Å². The summed E-state index contributed by atoms with van der Waals surface area (Å²) in [6, 6.07) is 3.66. The van der Waals surface area contributed by atoms with E-state index in [-0.39, 0.29) is 36.3 Å². The normalized spacial score (nSPS) is 25.9. The van der Waals surface area contributed by atoms with E-state index in [0.29, 0.717) is 34.6 Å². The Morgan fingerprint density at radius 3 is 2.29 bits per heavy atom. The number of fused-ring (bicyclic) bond motifs is 2. The van der Waals surface area contributed by atoms with Gasteiger partial charge in [-0.1, -0.05) is 6.42 Å². The Morgan fingerprint density at radius 2 is 1.75 bits per heavy atom. The Labute approximate surface area is 172 Å². The first-order valence-electron chi connectivity index (χ1n) is 9.53. The van der Waals surface area contributed by atoms with Crippen molar-refractivity contribution in [2.75, 3.05) is 19.5 Å². The van der Waals surface area contributed by atoms with E-state index >= 15 is 0 Å². The minimum absolute atomic E-state index is 0. The minimum atomic E-state index is -0.247. The van der Waals surface area contributed by atoms with Crippen molar-refractivity contribution >= 4 is 29.9 Å². The van der Waals surface area contributed by atoms with E-state index in [9.17, 15) is 9.59 Å². The van der Waals surface area contributed by atoms with Gasteiger partial charge in [0.15, 0.2) is 11.5 Å². The number of benzene rings is 1. The van der Waals surface area contributed by atoms with Crippen molar-refractivity contribution in [2.45, 2.75) is 51.1 Å². The zero-order valence-electron chi connectivity index (χ0n) is 16.6. The molecule has 1 aromatic rings. The van der Waals surface area contributed by atoms with Gasteiger partial charge in [-0.25, -0.2) is 0 Å². The zero-order chi connectivity index (χ0) is 19.6. The molecule has 2 aliphatic rings. The number of nitrogens with one attached hydrogen (secondary N) is 2. The molecule has 1 aromatic carbocycles. The van der Waals surface area contributed by atoms with Gasteiger partial charge in [-0.15, -0.1) is 12.4 Å². The third kappa shape index (κ3) is 4.70. The minimum Gasteiger partial charge on any atom is -0.493 e. The van der Waals surface area contributed by atoms with Crippen molar-refractivity contribution in [1.82, 2.24) is 5.32 Å². The molecule has 2 fully saturated rings. The third-order valence-corrected chi connectivity index (χ3v) is 5.73. The molecule has 0 aliphatic heterocycles. The first kappa shape index (κ1) is 22.3. The highest BCUT2D eigenvalue weighted by molar-refractivity contribution is 5.99. The van der Waals surface area contributed by atoms with Crippen LogP contribution in [0, 0.1) is 11.8 Å². The van der Waals surface area contributed by atoms with Gasteiger partial charge in [-0.2, -0.15) is 0 Å². The molecule has 2 bridgehead atoms. The van der Waals surface area contributed by atoms with E-state index in [1.165, 1.54) is 27.6 Å². The number of methoxy groups -OCH3 is 2. The van der Waals surface area contributed by atoms with Crippen LogP contribution in [0.15, 0.2) is 12.1 Å². The fourth-order valence-corrected chi connectivity index (χ4v) is 4.64. The molecule has 0 aromatic heterocycles. The van der Waals surface area contributed by atoms with Gasteiger partial charge in [-0.3, -0.25) is 9.59 Å². The van der Waals surface area contributed by atoms with E-state index in [2.05, 4.69) is 10.6 Å². The largest absolute Gasteiger partial charge is 0.493 e. The number of carbonyl (C=O) groups is 2. The Kier molecular flexibility index (Phi) is 7.55. The second kappa shape index (κ2) is 9.47. The van der Waals surface area contributed by atoms with E-state index in [1.54, 1.807) is 12.1 Å². The molecule has 0 heterocycles. The first-order valence-corrected chi connectivity index (χ1v) is 9.53. The molecular formula is C20H30ClN3O4. The number of anilines is 1. The summed E-state index contributed by atoms with van der Waals surface area (Å²) in [6.07, 6.45) is 5.35. The van der Waals surface area contributed by atoms with Gasteiger partial charge in [0.2, 0.25) is 5.91 Å². The van der Waals surface area contributed by atoms with E-state index in [0.717, 1.165) is 25.7 Å². The van der Waals surface area contributed by atoms with Gasteiger partial charge in [0, 0.05) is 24.6 Å². The van der Waals surface area contributed by atoms with E-state index in [4.69, 9.17) is 15.2 Å². The molecule has 8 heteroatoms. The number of carbonyl (C=O) groups excluding carboxylic acids is 2. The Morgan fingerprint density at radius 1 is 1.11 bits per heavy atom. The second-order valence-electron chi connectivity index (χ2n) is 7.62. The fourth-order valence-electron chi connectivity index (χ4n) is 4.64. The Balaban J connectivity index is 0.00000280. The standard InChI is InChI=1S/C20H29N3O4.ClH/c1-11(24)22-16-9-14(10-17(26-2)19(16)27-3)20(25)23-18-12-5-4-6-13(18)8-15(21)7-12;/h9-10,12-13,15,18H,4-8,21H2,1-3H3,(H,22,24)(H,23,25);1H. The smallest absolute Gasteiger partial charge is 0.251 e. The number of halogens is 1. The van der Waals surface area contributed by atoms with Gasteiger partial charge in [0.25, 0.3) is 5.91 Å². The summed E-state index contributed by atoms with van der Waals surface area (Å²) in [5.41, 5.74) is 7.03. The Hall–Kier alpha value is -1.99. The predicted molar refractivity (Wildman–Crippen MR) is 110 cm³/mol. The summed E-state index contributed by atoms with van der Waals surface area (Å²) in [5, 5.41) is 5.93. The summed E-state index contributed by atoms with van der Waals surface area (Å²) in [5.74, 6) is 1.26. The van der Waals surface area contributed by atoms with Gasteiger partial charge in [0.05, 0.1) is 19.9 Å². The van der Waals surface area contributed by atoms with Crippen molar-refractivity contribution < 1.29 is 19.1 Å². The van der Waals surface area contributed by atoms with Gasteiger partial charge < -0.3 is 25.8 Å². The van der Waals surface area contributed by atoms with Gasteiger partial charge in [-0.05, 0) is 49.7 Å². The van der Waals surface area contributed by atoms with Crippen LogP contribution in [-0.2, 0) is 4.79 Å². The molecule has 7 nitrogen and oxygen atoms in total. The predicted octanol–water partition coefficient (Wildman–Crippen LogP) is 2.72. The lowest BCUT2D eigenvalue weighted by molar-refractivity contribution is -0.114. The molecule has 28 heavy (non-hydrogen) atoms. The third-order valence-electron chi connectivity index (χ3n) is 5.73. The SMILES string of the molecule is COc1cc(C(=O)NC2C3CCCC2CC(N)C3)cc(NC(C)=O)c1OC.Cl. The molecular weight excluding hydrogens is 382 g/mol. The highest BCUT2D eigenvalue weighted by Gasteiger charge is 2.40. The molecule has 2 aliphatic carbocycles. The highest BCUT2D eigenvalue weighted by Crippen LogP contribution is 2.40. The lowest BCUT2D eigenvalue weighted by Gasteiger charge is -2.45. The molecule has 4 N–H and O–H groups in total. The van der Waals surface area contributed by atoms with Crippen LogP contribution < -0.4 is 25.8 Å².